The number of aromatic carboxylic acids is 1. The van der Waals surface area contributed by atoms with Crippen LogP contribution in [-0.2, 0) is 13.0 Å². The van der Waals surface area contributed by atoms with Crippen LogP contribution in [0.2, 0.25) is 0 Å². The van der Waals surface area contributed by atoms with Crippen LogP contribution in [0.5, 0.6) is 0 Å². The summed E-state index contributed by atoms with van der Waals surface area (Å²) in [6.45, 7) is 0.453. The molecule has 1 aliphatic rings. The average molecular weight is 259 g/mol. The molecule has 0 aliphatic carbocycles. The second-order valence-electron chi connectivity index (χ2n) is 4.63. The van der Waals surface area contributed by atoms with Crippen molar-refractivity contribution < 1.29 is 15.0 Å². The second-order valence-corrected chi connectivity index (χ2v) is 4.63. The fourth-order valence-electron chi connectivity index (χ4n) is 2.31. The van der Waals surface area contributed by atoms with Gasteiger partial charge >= 0.3 is 5.97 Å². The van der Waals surface area contributed by atoms with Crippen molar-refractivity contribution in [2.75, 3.05) is 0 Å². The molecular weight excluding hydrogens is 246 g/mol. The van der Waals surface area contributed by atoms with E-state index in [1.165, 1.54) is 6.07 Å². The van der Waals surface area contributed by atoms with Gasteiger partial charge in [-0.15, -0.1) is 10.2 Å². The fourth-order valence-corrected chi connectivity index (χ4v) is 2.31. The Kier molecular flexibility index (Phi) is 2.79. The first-order valence-corrected chi connectivity index (χ1v) is 6.09. The third-order valence-corrected chi connectivity index (χ3v) is 3.29. The Labute approximate surface area is 109 Å². The highest BCUT2D eigenvalue weighted by Crippen LogP contribution is 2.23. The lowest BCUT2D eigenvalue weighted by Crippen LogP contribution is -2.24. The lowest BCUT2D eigenvalue weighted by molar-refractivity contribution is 0.0697. The predicted octanol–water partition coefficient (Wildman–Crippen LogP) is 0.950. The summed E-state index contributed by atoms with van der Waals surface area (Å²) in [4.78, 5) is 11.0. The molecule has 0 saturated heterocycles. The molecule has 0 radical (unpaired) electrons. The first-order valence-electron chi connectivity index (χ1n) is 6.09. The number of carboxylic acid groups (broad SMARTS) is 1. The van der Waals surface area contributed by atoms with E-state index in [0.717, 1.165) is 5.82 Å². The van der Waals surface area contributed by atoms with Crippen LogP contribution in [0.25, 0.3) is 11.4 Å². The van der Waals surface area contributed by atoms with Gasteiger partial charge in [0.2, 0.25) is 0 Å². The van der Waals surface area contributed by atoms with E-state index in [2.05, 4.69) is 10.2 Å². The van der Waals surface area contributed by atoms with Crippen LogP contribution in [-0.4, -0.2) is 37.1 Å². The van der Waals surface area contributed by atoms with Crippen LogP contribution in [0.1, 0.15) is 22.6 Å². The van der Waals surface area contributed by atoms with Crippen LogP contribution < -0.4 is 0 Å². The second kappa shape index (κ2) is 4.47. The van der Waals surface area contributed by atoms with Gasteiger partial charge in [0.05, 0.1) is 18.2 Å². The van der Waals surface area contributed by atoms with E-state index in [9.17, 15) is 9.90 Å². The van der Waals surface area contributed by atoms with E-state index < -0.39 is 12.1 Å². The molecule has 2 heterocycles. The van der Waals surface area contributed by atoms with Crippen LogP contribution in [0.3, 0.4) is 0 Å². The number of nitrogens with zero attached hydrogens (tertiary/aromatic N) is 3. The zero-order valence-corrected chi connectivity index (χ0v) is 10.2. The van der Waals surface area contributed by atoms with Gasteiger partial charge in [0.25, 0.3) is 0 Å². The number of aromatic nitrogens is 3. The van der Waals surface area contributed by atoms with Gasteiger partial charge in [-0.1, -0.05) is 12.1 Å². The lowest BCUT2D eigenvalue weighted by atomic mass is 10.1. The summed E-state index contributed by atoms with van der Waals surface area (Å²) in [5.74, 6) is 0.471. The SMILES string of the molecule is O=C(O)c1cccc(-c2nnc3n2CC(O)CC3)c1. The molecule has 2 N–H and O–H groups in total. The summed E-state index contributed by atoms with van der Waals surface area (Å²) in [6, 6.07) is 6.58. The number of aliphatic hydroxyl groups excluding tert-OH is 1. The summed E-state index contributed by atoms with van der Waals surface area (Å²) in [7, 11) is 0. The first-order chi connectivity index (χ1) is 9.15. The molecule has 1 aromatic carbocycles. The Balaban J connectivity index is 2.05. The predicted molar refractivity (Wildman–Crippen MR) is 66.7 cm³/mol. The van der Waals surface area contributed by atoms with Crippen LogP contribution in [0, 0.1) is 0 Å². The van der Waals surface area contributed by atoms with Crippen molar-refractivity contribution >= 4 is 5.97 Å². The third kappa shape index (κ3) is 2.10. The molecule has 6 heteroatoms. The maximum absolute atomic E-state index is 11.0. The molecular formula is C13H13N3O3. The van der Waals surface area contributed by atoms with E-state index in [4.69, 9.17) is 5.11 Å². The van der Waals surface area contributed by atoms with Crippen molar-refractivity contribution in [3.63, 3.8) is 0 Å². The Morgan fingerprint density at radius 1 is 1.37 bits per heavy atom. The number of benzene rings is 1. The number of hydrogen-bond acceptors (Lipinski definition) is 4. The molecule has 0 bridgehead atoms. The summed E-state index contributed by atoms with van der Waals surface area (Å²) < 4.78 is 1.86. The summed E-state index contributed by atoms with van der Waals surface area (Å²) in [5, 5.41) is 26.9. The Morgan fingerprint density at radius 3 is 3.00 bits per heavy atom. The highest BCUT2D eigenvalue weighted by molar-refractivity contribution is 5.89. The summed E-state index contributed by atoms with van der Waals surface area (Å²) in [5.41, 5.74) is 0.916. The molecule has 2 aromatic rings. The maximum atomic E-state index is 11.0. The fraction of sp³-hybridized carbons (Fsp3) is 0.308. The molecule has 1 unspecified atom stereocenters. The van der Waals surface area contributed by atoms with Gasteiger partial charge < -0.3 is 14.8 Å². The Morgan fingerprint density at radius 2 is 2.21 bits per heavy atom. The first kappa shape index (κ1) is 11.9. The zero-order chi connectivity index (χ0) is 13.4. The molecule has 1 aromatic heterocycles. The van der Waals surface area contributed by atoms with Crippen LogP contribution >= 0.6 is 0 Å². The topological polar surface area (TPSA) is 88.2 Å². The normalized spacial score (nSPS) is 18.1. The van der Waals surface area contributed by atoms with Crippen molar-refractivity contribution in [1.82, 2.24) is 14.8 Å². The Bertz CT molecular complexity index is 636. The number of aliphatic hydroxyl groups is 1. The van der Waals surface area contributed by atoms with Crippen molar-refractivity contribution in [2.45, 2.75) is 25.5 Å². The minimum Gasteiger partial charge on any atom is -0.478 e. The van der Waals surface area contributed by atoms with Gasteiger partial charge in [-0.05, 0) is 18.6 Å². The van der Waals surface area contributed by atoms with Crippen molar-refractivity contribution in [3.8, 4) is 11.4 Å². The van der Waals surface area contributed by atoms with Gasteiger partial charge in [0.1, 0.15) is 5.82 Å². The smallest absolute Gasteiger partial charge is 0.335 e. The maximum Gasteiger partial charge on any atom is 0.335 e. The zero-order valence-electron chi connectivity index (χ0n) is 10.2. The van der Waals surface area contributed by atoms with Gasteiger partial charge in [-0.3, -0.25) is 0 Å². The van der Waals surface area contributed by atoms with Crippen molar-refractivity contribution in [1.29, 1.82) is 0 Å². The molecule has 6 nitrogen and oxygen atoms in total. The molecule has 98 valence electrons. The van der Waals surface area contributed by atoms with Gasteiger partial charge in [0, 0.05) is 12.0 Å². The number of hydrogen-bond donors (Lipinski definition) is 2. The highest BCUT2D eigenvalue weighted by atomic mass is 16.4. The summed E-state index contributed by atoms with van der Waals surface area (Å²) in [6.07, 6.45) is 0.977. The third-order valence-electron chi connectivity index (χ3n) is 3.29. The van der Waals surface area contributed by atoms with Gasteiger partial charge in [-0.2, -0.15) is 0 Å². The molecule has 0 fully saturated rings. The van der Waals surface area contributed by atoms with E-state index in [1.54, 1.807) is 18.2 Å². The largest absolute Gasteiger partial charge is 0.478 e. The molecule has 19 heavy (non-hydrogen) atoms. The summed E-state index contributed by atoms with van der Waals surface area (Å²) >= 11 is 0. The van der Waals surface area contributed by atoms with Crippen molar-refractivity contribution in [2.24, 2.45) is 0 Å². The number of fused-ring (bicyclic) bond motifs is 1. The van der Waals surface area contributed by atoms with Gasteiger partial charge in [0.15, 0.2) is 5.82 Å². The minimum atomic E-state index is -0.972. The highest BCUT2D eigenvalue weighted by Gasteiger charge is 2.22. The molecule has 1 aliphatic heterocycles. The standard InChI is InChI=1S/C13H13N3O3/c17-10-4-5-11-14-15-12(16(11)7-10)8-2-1-3-9(6-8)13(18)19/h1-3,6,10,17H,4-5,7H2,(H,18,19). The van der Waals surface area contributed by atoms with Gasteiger partial charge in [-0.25, -0.2) is 4.79 Å². The number of carbonyl (C=O) groups is 1. The minimum absolute atomic E-state index is 0.214. The number of carboxylic acids is 1. The average Bonchev–Trinajstić information content (AvgIpc) is 2.81. The molecule has 0 amide bonds. The Hall–Kier alpha value is -2.21. The number of rotatable bonds is 2. The molecule has 0 saturated carbocycles. The molecule has 3 rings (SSSR count). The molecule has 0 spiro atoms. The van der Waals surface area contributed by atoms with E-state index in [0.29, 0.717) is 30.8 Å². The van der Waals surface area contributed by atoms with E-state index >= 15 is 0 Å². The van der Waals surface area contributed by atoms with Crippen molar-refractivity contribution in [3.05, 3.63) is 35.7 Å². The van der Waals surface area contributed by atoms with E-state index in [-0.39, 0.29) is 5.56 Å². The van der Waals surface area contributed by atoms with Crippen LogP contribution in [0.4, 0.5) is 0 Å². The molecule has 1 atom stereocenters. The van der Waals surface area contributed by atoms with Crippen LogP contribution in [0.15, 0.2) is 24.3 Å². The number of aryl methyl sites for hydroxylation is 1. The quantitative estimate of drug-likeness (QED) is 0.838. The lowest BCUT2D eigenvalue weighted by Gasteiger charge is -2.20. The monoisotopic (exact) mass is 259 g/mol. The van der Waals surface area contributed by atoms with E-state index in [1.807, 2.05) is 4.57 Å².